The number of benzene rings is 1. The SMILES string of the molecule is CCc1c(-c2ccnc(NC(C)=O)c2)[nH]c2ccc(C3CCNCC3)cc12. The van der Waals surface area contributed by atoms with Gasteiger partial charge in [-0.15, -0.1) is 0 Å². The summed E-state index contributed by atoms with van der Waals surface area (Å²) in [6, 6.07) is 10.8. The molecule has 27 heavy (non-hydrogen) atoms. The summed E-state index contributed by atoms with van der Waals surface area (Å²) >= 11 is 0. The lowest BCUT2D eigenvalue weighted by Gasteiger charge is -2.23. The van der Waals surface area contributed by atoms with E-state index in [2.05, 4.69) is 45.7 Å². The number of carbonyl (C=O) groups is 1. The standard InChI is InChI=1S/C22H26N4O/c1-3-18-19-12-16(15-6-9-23-10-7-15)4-5-20(19)26-22(18)17-8-11-24-21(13-17)25-14(2)27/h4-5,8,11-13,15,23,26H,3,6-7,9-10H2,1-2H3,(H,24,25,27). The van der Waals surface area contributed by atoms with Crippen LogP contribution in [0.3, 0.4) is 0 Å². The zero-order valence-corrected chi connectivity index (χ0v) is 15.9. The van der Waals surface area contributed by atoms with E-state index in [1.165, 1.54) is 36.3 Å². The van der Waals surface area contributed by atoms with E-state index in [0.717, 1.165) is 36.3 Å². The van der Waals surface area contributed by atoms with Crippen LogP contribution in [0.4, 0.5) is 5.82 Å². The fourth-order valence-electron chi connectivity index (χ4n) is 4.12. The average Bonchev–Trinajstić information content (AvgIpc) is 3.06. The van der Waals surface area contributed by atoms with Crippen molar-refractivity contribution < 1.29 is 4.79 Å². The summed E-state index contributed by atoms with van der Waals surface area (Å²) in [6.07, 6.45) is 5.10. The molecule has 0 aliphatic carbocycles. The number of hydrogen-bond acceptors (Lipinski definition) is 3. The Morgan fingerprint density at radius 2 is 2.04 bits per heavy atom. The number of carbonyl (C=O) groups excluding carboxylic acids is 1. The number of anilines is 1. The third-order valence-corrected chi connectivity index (χ3v) is 5.45. The van der Waals surface area contributed by atoms with Crippen molar-refractivity contribution in [2.45, 2.75) is 39.0 Å². The monoisotopic (exact) mass is 362 g/mol. The zero-order chi connectivity index (χ0) is 18.8. The van der Waals surface area contributed by atoms with Crippen LogP contribution in [-0.4, -0.2) is 29.0 Å². The second-order valence-corrected chi connectivity index (χ2v) is 7.27. The van der Waals surface area contributed by atoms with E-state index in [4.69, 9.17) is 0 Å². The number of H-pyrrole nitrogens is 1. The van der Waals surface area contributed by atoms with Crippen molar-refractivity contribution in [1.29, 1.82) is 0 Å². The first-order valence-corrected chi connectivity index (χ1v) is 9.75. The van der Waals surface area contributed by atoms with Gasteiger partial charge in [-0.2, -0.15) is 0 Å². The predicted octanol–water partition coefficient (Wildman–Crippen LogP) is 4.22. The van der Waals surface area contributed by atoms with Crippen molar-refractivity contribution in [3.8, 4) is 11.3 Å². The van der Waals surface area contributed by atoms with Gasteiger partial charge in [-0.05, 0) is 73.7 Å². The highest BCUT2D eigenvalue weighted by Gasteiger charge is 2.18. The van der Waals surface area contributed by atoms with Gasteiger partial charge in [0.1, 0.15) is 5.82 Å². The molecule has 3 aromatic rings. The lowest BCUT2D eigenvalue weighted by atomic mass is 9.89. The molecule has 1 aliphatic rings. The van der Waals surface area contributed by atoms with Gasteiger partial charge < -0.3 is 15.6 Å². The lowest BCUT2D eigenvalue weighted by molar-refractivity contribution is -0.114. The van der Waals surface area contributed by atoms with Gasteiger partial charge >= 0.3 is 0 Å². The van der Waals surface area contributed by atoms with Crippen molar-refractivity contribution in [1.82, 2.24) is 15.3 Å². The smallest absolute Gasteiger partial charge is 0.222 e. The van der Waals surface area contributed by atoms with Gasteiger partial charge in [0.05, 0.1) is 0 Å². The average molecular weight is 362 g/mol. The largest absolute Gasteiger partial charge is 0.354 e. The van der Waals surface area contributed by atoms with Crippen LogP contribution in [0.15, 0.2) is 36.5 Å². The van der Waals surface area contributed by atoms with Crippen molar-refractivity contribution in [2.75, 3.05) is 18.4 Å². The summed E-state index contributed by atoms with van der Waals surface area (Å²) in [6.45, 7) is 5.89. The predicted molar refractivity (Wildman–Crippen MR) is 110 cm³/mol. The molecule has 0 atom stereocenters. The topological polar surface area (TPSA) is 69.8 Å². The molecule has 0 spiro atoms. The Morgan fingerprint density at radius 3 is 2.78 bits per heavy atom. The Balaban J connectivity index is 1.76. The van der Waals surface area contributed by atoms with E-state index in [1.807, 2.05) is 12.1 Å². The van der Waals surface area contributed by atoms with Crippen LogP contribution in [-0.2, 0) is 11.2 Å². The number of aromatic amines is 1. The quantitative estimate of drug-likeness (QED) is 0.651. The highest BCUT2D eigenvalue weighted by Crippen LogP contribution is 2.34. The molecule has 1 amide bonds. The number of fused-ring (bicyclic) bond motifs is 1. The molecule has 3 N–H and O–H groups in total. The van der Waals surface area contributed by atoms with E-state index in [-0.39, 0.29) is 5.91 Å². The fraction of sp³-hybridized carbons (Fsp3) is 0.364. The maximum atomic E-state index is 11.3. The molecular formula is C22H26N4O. The molecule has 0 saturated carbocycles. The number of amides is 1. The first kappa shape index (κ1) is 17.7. The van der Waals surface area contributed by atoms with Crippen molar-refractivity contribution in [3.63, 3.8) is 0 Å². The summed E-state index contributed by atoms with van der Waals surface area (Å²) < 4.78 is 0. The number of piperidine rings is 1. The van der Waals surface area contributed by atoms with Gasteiger partial charge in [0, 0.05) is 35.3 Å². The molecular weight excluding hydrogens is 336 g/mol. The molecule has 1 aromatic carbocycles. The molecule has 5 nitrogen and oxygen atoms in total. The zero-order valence-electron chi connectivity index (χ0n) is 15.9. The first-order chi connectivity index (χ1) is 13.2. The van der Waals surface area contributed by atoms with Gasteiger partial charge in [-0.1, -0.05) is 13.0 Å². The third-order valence-electron chi connectivity index (χ3n) is 5.45. The Morgan fingerprint density at radius 1 is 1.22 bits per heavy atom. The molecule has 140 valence electrons. The van der Waals surface area contributed by atoms with Crippen molar-refractivity contribution in [3.05, 3.63) is 47.7 Å². The van der Waals surface area contributed by atoms with Crippen LogP contribution in [0.2, 0.25) is 0 Å². The van der Waals surface area contributed by atoms with Crippen LogP contribution >= 0.6 is 0 Å². The minimum Gasteiger partial charge on any atom is -0.354 e. The van der Waals surface area contributed by atoms with E-state index in [1.54, 1.807) is 6.20 Å². The molecule has 0 radical (unpaired) electrons. The minimum atomic E-state index is -0.112. The number of rotatable bonds is 4. The van der Waals surface area contributed by atoms with Gasteiger partial charge in [-0.3, -0.25) is 4.79 Å². The van der Waals surface area contributed by atoms with Crippen LogP contribution < -0.4 is 10.6 Å². The Bertz CT molecular complexity index is 970. The molecule has 3 heterocycles. The van der Waals surface area contributed by atoms with Crippen LogP contribution in [0.1, 0.15) is 43.7 Å². The molecule has 5 heteroatoms. The summed E-state index contributed by atoms with van der Waals surface area (Å²) in [5.74, 6) is 1.11. The van der Waals surface area contributed by atoms with E-state index in [9.17, 15) is 4.79 Å². The highest BCUT2D eigenvalue weighted by atomic mass is 16.1. The van der Waals surface area contributed by atoms with Crippen molar-refractivity contribution >= 4 is 22.6 Å². The minimum absolute atomic E-state index is 0.112. The molecule has 1 saturated heterocycles. The number of hydrogen-bond donors (Lipinski definition) is 3. The molecule has 1 aliphatic heterocycles. The molecule has 0 unspecified atom stereocenters. The van der Waals surface area contributed by atoms with Crippen LogP contribution in [0, 0.1) is 0 Å². The summed E-state index contributed by atoms with van der Waals surface area (Å²) in [5.41, 5.74) is 6.09. The van der Waals surface area contributed by atoms with Gasteiger partial charge in [0.15, 0.2) is 0 Å². The summed E-state index contributed by atoms with van der Waals surface area (Å²) in [4.78, 5) is 19.2. The second-order valence-electron chi connectivity index (χ2n) is 7.27. The lowest BCUT2D eigenvalue weighted by Crippen LogP contribution is -2.26. The second kappa shape index (κ2) is 7.53. The number of nitrogens with zero attached hydrogens (tertiary/aromatic N) is 1. The normalized spacial score (nSPS) is 15.2. The fourth-order valence-corrected chi connectivity index (χ4v) is 4.12. The van der Waals surface area contributed by atoms with Gasteiger partial charge in [0.2, 0.25) is 5.91 Å². The summed E-state index contributed by atoms with van der Waals surface area (Å²) in [7, 11) is 0. The van der Waals surface area contributed by atoms with Crippen molar-refractivity contribution in [2.24, 2.45) is 0 Å². The summed E-state index contributed by atoms with van der Waals surface area (Å²) in [5, 5.41) is 7.52. The van der Waals surface area contributed by atoms with E-state index in [0.29, 0.717) is 11.7 Å². The Labute approximate surface area is 159 Å². The van der Waals surface area contributed by atoms with Gasteiger partial charge in [-0.25, -0.2) is 4.98 Å². The van der Waals surface area contributed by atoms with Crippen LogP contribution in [0.25, 0.3) is 22.2 Å². The maximum Gasteiger partial charge on any atom is 0.222 e. The molecule has 2 aromatic heterocycles. The number of aromatic nitrogens is 2. The maximum absolute atomic E-state index is 11.3. The third kappa shape index (κ3) is 3.60. The number of nitrogens with one attached hydrogen (secondary N) is 3. The molecule has 1 fully saturated rings. The Kier molecular flexibility index (Phi) is 4.94. The van der Waals surface area contributed by atoms with Gasteiger partial charge in [0.25, 0.3) is 0 Å². The number of pyridine rings is 1. The van der Waals surface area contributed by atoms with E-state index >= 15 is 0 Å². The number of aryl methyl sites for hydroxylation is 1. The Hall–Kier alpha value is -2.66. The molecule has 4 rings (SSSR count). The highest BCUT2D eigenvalue weighted by molar-refractivity contribution is 5.92. The van der Waals surface area contributed by atoms with Crippen LogP contribution in [0.5, 0.6) is 0 Å². The molecule has 0 bridgehead atoms. The van der Waals surface area contributed by atoms with E-state index < -0.39 is 0 Å². The first-order valence-electron chi connectivity index (χ1n) is 9.75.